The average Bonchev–Trinajstić information content (AvgIpc) is 3.12. The summed E-state index contributed by atoms with van der Waals surface area (Å²) >= 11 is 5.89. The molecule has 7 nitrogen and oxygen atoms in total. The number of likely N-dealkylation sites (tertiary alicyclic amines) is 1. The molecule has 8 heteroatoms. The highest BCUT2D eigenvalue weighted by Gasteiger charge is 2.38. The van der Waals surface area contributed by atoms with Crippen LogP contribution in [0.1, 0.15) is 20.3 Å². The molecule has 3 rings (SSSR count). The Hall–Kier alpha value is -2.54. The van der Waals surface area contributed by atoms with Crippen LogP contribution >= 0.6 is 11.6 Å². The first-order valence-electron chi connectivity index (χ1n) is 8.66. The van der Waals surface area contributed by atoms with E-state index in [9.17, 15) is 4.79 Å². The van der Waals surface area contributed by atoms with Crippen LogP contribution in [-0.2, 0) is 4.79 Å². The smallest absolute Gasteiger partial charge is 0.266 e. The second-order valence-electron chi connectivity index (χ2n) is 6.76. The summed E-state index contributed by atoms with van der Waals surface area (Å²) < 4.78 is 16.7. The number of amides is 1. The van der Waals surface area contributed by atoms with E-state index in [2.05, 4.69) is 10.2 Å². The minimum atomic E-state index is -0.997. The molecule has 1 fully saturated rings. The van der Waals surface area contributed by atoms with Gasteiger partial charge in [0.15, 0.2) is 5.60 Å². The van der Waals surface area contributed by atoms with E-state index < -0.39 is 5.60 Å². The van der Waals surface area contributed by atoms with Crippen LogP contribution in [0.2, 0.25) is 5.02 Å². The van der Waals surface area contributed by atoms with Gasteiger partial charge < -0.3 is 19.1 Å². The van der Waals surface area contributed by atoms with Crippen LogP contribution in [-0.4, -0.2) is 52.9 Å². The molecule has 144 valence electrons. The Morgan fingerprint density at radius 3 is 2.44 bits per heavy atom. The maximum atomic E-state index is 12.9. The lowest BCUT2D eigenvalue weighted by Crippen LogP contribution is -2.48. The highest BCUT2D eigenvalue weighted by molar-refractivity contribution is 6.30. The number of nitrogens with zero attached hydrogens (tertiary/aromatic N) is 3. The molecule has 1 aromatic heterocycles. The number of carbonyl (C=O) groups excluding carboxylic acids is 1. The van der Waals surface area contributed by atoms with Gasteiger partial charge in [-0.25, -0.2) is 0 Å². The van der Waals surface area contributed by atoms with Crippen molar-refractivity contribution in [1.82, 2.24) is 15.1 Å². The van der Waals surface area contributed by atoms with Crippen LogP contribution in [0.15, 0.2) is 36.4 Å². The van der Waals surface area contributed by atoms with Crippen LogP contribution < -0.4 is 14.2 Å². The highest BCUT2D eigenvalue weighted by Crippen LogP contribution is 2.25. The molecule has 2 aromatic rings. The van der Waals surface area contributed by atoms with Crippen molar-refractivity contribution in [3.05, 3.63) is 41.4 Å². The largest absolute Gasteiger partial charge is 0.480 e. The van der Waals surface area contributed by atoms with Crippen molar-refractivity contribution < 1.29 is 19.0 Å². The Balaban J connectivity index is 1.57. The Morgan fingerprint density at radius 1 is 1.15 bits per heavy atom. The zero-order chi connectivity index (χ0) is 19.4. The van der Waals surface area contributed by atoms with Gasteiger partial charge in [-0.2, -0.15) is 0 Å². The van der Waals surface area contributed by atoms with Crippen molar-refractivity contribution in [3.8, 4) is 17.5 Å². The van der Waals surface area contributed by atoms with Gasteiger partial charge in [0.05, 0.1) is 13.7 Å². The van der Waals surface area contributed by atoms with E-state index in [-0.39, 0.29) is 12.0 Å². The van der Waals surface area contributed by atoms with Gasteiger partial charge in [-0.05, 0) is 38.1 Å². The summed E-state index contributed by atoms with van der Waals surface area (Å²) in [5, 5.41) is 8.46. The molecule has 1 saturated heterocycles. The van der Waals surface area contributed by atoms with Crippen molar-refractivity contribution in [2.75, 3.05) is 20.2 Å². The predicted octanol–water partition coefficient (Wildman–Crippen LogP) is 2.98. The maximum Gasteiger partial charge on any atom is 0.266 e. The van der Waals surface area contributed by atoms with E-state index in [4.69, 9.17) is 25.8 Å². The van der Waals surface area contributed by atoms with Gasteiger partial charge in [0.1, 0.15) is 11.9 Å². The van der Waals surface area contributed by atoms with Gasteiger partial charge in [0.25, 0.3) is 5.91 Å². The number of aromatic nitrogens is 2. The normalized spacial score (nSPS) is 16.9. The summed E-state index contributed by atoms with van der Waals surface area (Å²) in [6, 6.07) is 10.3. The molecule has 1 aliphatic rings. The molecule has 1 aromatic carbocycles. The van der Waals surface area contributed by atoms with E-state index in [1.54, 1.807) is 55.1 Å². The molecule has 2 heterocycles. The number of hydrogen-bond donors (Lipinski definition) is 0. The number of ether oxygens (including phenoxy) is 3. The molecular weight excluding hydrogens is 370 g/mol. The number of halogens is 1. The SMILES string of the molecule is COc1ccc(OC2CCN(C(=O)C(C)(C)Oc3ccc(Cl)cc3)C2)nn1. The summed E-state index contributed by atoms with van der Waals surface area (Å²) in [5.41, 5.74) is -0.997. The standard InChI is InChI=1S/C19H22ClN3O4/c1-19(2,27-14-6-4-13(20)5-7-14)18(24)23-11-10-15(12-23)26-17-9-8-16(25-3)21-22-17/h4-9,15H,10-12H2,1-3H3. The van der Waals surface area contributed by atoms with E-state index in [1.165, 1.54) is 7.11 Å². The Bertz CT molecular complexity index is 781. The summed E-state index contributed by atoms with van der Waals surface area (Å²) in [6.45, 7) is 4.58. The lowest BCUT2D eigenvalue weighted by molar-refractivity contribution is -0.144. The quantitative estimate of drug-likeness (QED) is 0.753. The van der Waals surface area contributed by atoms with Gasteiger partial charge in [0, 0.05) is 30.1 Å². The third-order valence-electron chi connectivity index (χ3n) is 4.25. The molecule has 1 unspecified atom stereocenters. The molecule has 0 spiro atoms. The first-order chi connectivity index (χ1) is 12.9. The fraction of sp³-hybridized carbons (Fsp3) is 0.421. The average molecular weight is 392 g/mol. The number of rotatable bonds is 6. The predicted molar refractivity (Wildman–Crippen MR) is 100 cm³/mol. The van der Waals surface area contributed by atoms with Crippen LogP contribution in [0.3, 0.4) is 0 Å². The third kappa shape index (κ3) is 4.80. The number of benzene rings is 1. The molecule has 27 heavy (non-hydrogen) atoms. The molecule has 0 bridgehead atoms. The zero-order valence-corrected chi connectivity index (χ0v) is 16.3. The Labute approximate surface area is 163 Å². The minimum Gasteiger partial charge on any atom is -0.480 e. The second kappa shape index (κ2) is 8.00. The van der Waals surface area contributed by atoms with Crippen molar-refractivity contribution >= 4 is 17.5 Å². The Kier molecular flexibility index (Phi) is 5.70. The summed E-state index contributed by atoms with van der Waals surface area (Å²) in [6.07, 6.45) is 0.583. The monoisotopic (exact) mass is 391 g/mol. The zero-order valence-electron chi connectivity index (χ0n) is 15.5. The van der Waals surface area contributed by atoms with E-state index in [1.807, 2.05) is 0 Å². The molecule has 0 radical (unpaired) electrons. The van der Waals surface area contributed by atoms with Gasteiger partial charge in [-0.3, -0.25) is 4.79 Å². The van der Waals surface area contributed by atoms with E-state index >= 15 is 0 Å². The first-order valence-corrected chi connectivity index (χ1v) is 9.03. The van der Waals surface area contributed by atoms with E-state index in [0.29, 0.717) is 35.6 Å². The fourth-order valence-electron chi connectivity index (χ4n) is 2.88. The number of methoxy groups -OCH3 is 1. The second-order valence-corrected chi connectivity index (χ2v) is 7.20. The number of hydrogen-bond acceptors (Lipinski definition) is 6. The van der Waals surface area contributed by atoms with Gasteiger partial charge >= 0.3 is 0 Å². The lowest BCUT2D eigenvalue weighted by Gasteiger charge is -2.30. The van der Waals surface area contributed by atoms with Crippen molar-refractivity contribution in [1.29, 1.82) is 0 Å². The van der Waals surface area contributed by atoms with Crippen molar-refractivity contribution in [2.24, 2.45) is 0 Å². The molecule has 1 atom stereocenters. The van der Waals surface area contributed by atoms with E-state index in [0.717, 1.165) is 6.42 Å². The topological polar surface area (TPSA) is 73.8 Å². The summed E-state index contributed by atoms with van der Waals surface area (Å²) in [5.74, 6) is 1.33. The van der Waals surface area contributed by atoms with Gasteiger partial charge in [0.2, 0.25) is 11.8 Å². The summed E-state index contributed by atoms with van der Waals surface area (Å²) in [4.78, 5) is 14.6. The molecule has 0 N–H and O–H groups in total. The van der Waals surface area contributed by atoms with Crippen molar-refractivity contribution in [2.45, 2.75) is 32.0 Å². The first kappa shape index (κ1) is 19.2. The molecular formula is C19H22ClN3O4. The minimum absolute atomic E-state index is 0.0932. The fourth-order valence-corrected chi connectivity index (χ4v) is 3.01. The van der Waals surface area contributed by atoms with Crippen LogP contribution in [0.5, 0.6) is 17.5 Å². The van der Waals surface area contributed by atoms with Crippen LogP contribution in [0, 0.1) is 0 Å². The van der Waals surface area contributed by atoms with Crippen LogP contribution in [0.25, 0.3) is 0 Å². The molecule has 1 aliphatic heterocycles. The van der Waals surface area contributed by atoms with Crippen molar-refractivity contribution in [3.63, 3.8) is 0 Å². The summed E-state index contributed by atoms with van der Waals surface area (Å²) in [7, 11) is 1.53. The molecule has 0 aliphatic carbocycles. The highest BCUT2D eigenvalue weighted by atomic mass is 35.5. The lowest BCUT2D eigenvalue weighted by atomic mass is 10.1. The maximum absolute atomic E-state index is 12.9. The number of carbonyl (C=O) groups is 1. The Morgan fingerprint density at radius 2 is 1.81 bits per heavy atom. The third-order valence-corrected chi connectivity index (χ3v) is 4.50. The molecule has 1 amide bonds. The van der Waals surface area contributed by atoms with Gasteiger partial charge in [-0.1, -0.05) is 11.6 Å². The van der Waals surface area contributed by atoms with Gasteiger partial charge in [-0.15, -0.1) is 10.2 Å². The molecule has 0 saturated carbocycles. The van der Waals surface area contributed by atoms with Crippen LogP contribution in [0.4, 0.5) is 0 Å².